The van der Waals surface area contributed by atoms with Crippen molar-refractivity contribution in [2.75, 3.05) is 6.61 Å². The van der Waals surface area contributed by atoms with Crippen molar-refractivity contribution >= 4 is 20.1 Å². The van der Waals surface area contributed by atoms with Gasteiger partial charge in [-0.3, -0.25) is 4.79 Å². The molecule has 0 bridgehead atoms. The molecular formula is C16H22N4O3Si. The molecule has 1 aromatic carbocycles. The number of ether oxygens (including phenoxy) is 1. The summed E-state index contributed by atoms with van der Waals surface area (Å²) >= 11 is 0. The second-order valence-corrected chi connectivity index (χ2v) is 12.6. The van der Waals surface area contributed by atoms with Gasteiger partial charge in [-0.1, -0.05) is 55.1 Å². The molecule has 8 heteroatoms. The van der Waals surface area contributed by atoms with Gasteiger partial charge in [0.15, 0.2) is 0 Å². The molecule has 1 aromatic rings. The van der Waals surface area contributed by atoms with Gasteiger partial charge in [0.05, 0.1) is 6.04 Å². The van der Waals surface area contributed by atoms with E-state index in [0.717, 1.165) is 10.5 Å². The summed E-state index contributed by atoms with van der Waals surface area (Å²) in [5.74, 6) is -0.460. The topological polar surface area (TPSA) is 95.4 Å². The molecule has 2 amide bonds. The first-order chi connectivity index (χ1) is 11.3. The minimum Gasteiger partial charge on any atom is -0.447 e. The molecule has 2 rings (SSSR count). The summed E-state index contributed by atoms with van der Waals surface area (Å²) in [6, 6.07) is 8.89. The molecule has 0 spiro atoms. The number of cyclic esters (lactones) is 1. The largest absolute Gasteiger partial charge is 0.447 e. The van der Waals surface area contributed by atoms with E-state index in [9.17, 15) is 9.59 Å². The Kier molecular flexibility index (Phi) is 5.64. The van der Waals surface area contributed by atoms with E-state index in [4.69, 9.17) is 10.3 Å². The normalized spacial score (nSPS) is 18.7. The third-order valence-corrected chi connectivity index (χ3v) is 5.41. The standard InChI is InChI=1S/C16H22N4O3Si/c1-24(2,3)11-14(18-19-17)15(21)20-13(10-23-16(20)22)9-12-7-5-4-6-8-12/h4-8,13-14H,9-11H2,1-3H3/t13-,14?/m0/s1. The lowest BCUT2D eigenvalue weighted by atomic mass is 10.1. The van der Waals surface area contributed by atoms with Gasteiger partial charge in [-0.05, 0) is 23.6 Å². The molecule has 2 atom stereocenters. The number of rotatable bonds is 6. The molecule has 1 unspecified atom stereocenters. The van der Waals surface area contributed by atoms with E-state index < -0.39 is 26.1 Å². The van der Waals surface area contributed by atoms with Gasteiger partial charge in [-0.2, -0.15) is 0 Å². The Morgan fingerprint density at radius 2 is 2.08 bits per heavy atom. The lowest BCUT2D eigenvalue weighted by Gasteiger charge is -2.26. The Bertz CT molecular complexity index is 653. The quantitative estimate of drug-likeness (QED) is 0.341. The Hall–Kier alpha value is -2.31. The van der Waals surface area contributed by atoms with Gasteiger partial charge in [0, 0.05) is 13.0 Å². The van der Waals surface area contributed by atoms with Crippen LogP contribution < -0.4 is 0 Å². The average Bonchev–Trinajstić information content (AvgIpc) is 2.86. The summed E-state index contributed by atoms with van der Waals surface area (Å²) in [5.41, 5.74) is 9.80. The van der Waals surface area contributed by atoms with Crippen molar-refractivity contribution in [3.8, 4) is 0 Å². The Labute approximate surface area is 142 Å². The van der Waals surface area contributed by atoms with E-state index in [1.807, 2.05) is 30.3 Å². The molecule has 1 saturated heterocycles. The molecular weight excluding hydrogens is 324 g/mol. The highest BCUT2D eigenvalue weighted by molar-refractivity contribution is 6.76. The van der Waals surface area contributed by atoms with Crippen LogP contribution in [-0.2, 0) is 16.0 Å². The van der Waals surface area contributed by atoms with Crippen molar-refractivity contribution in [3.63, 3.8) is 0 Å². The second-order valence-electron chi connectivity index (χ2n) is 7.11. The summed E-state index contributed by atoms with van der Waals surface area (Å²) in [7, 11) is -1.65. The van der Waals surface area contributed by atoms with Gasteiger partial charge in [-0.25, -0.2) is 9.69 Å². The van der Waals surface area contributed by atoms with Crippen molar-refractivity contribution in [1.82, 2.24) is 4.90 Å². The second kappa shape index (κ2) is 7.50. The van der Waals surface area contributed by atoms with E-state index in [1.54, 1.807) is 0 Å². The Morgan fingerprint density at radius 3 is 2.67 bits per heavy atom. The maximum atomic E-state index is 12.8. The van der Waals surface area contributed by atoms with Crippen molar-refractivity contribution in [2.24, 2.45) is 5.11 Å². The number of azide groups is 1. The highest BCUT2D eigenvalue weighted by atomic mass is 28.3. The van der Waals surface area contributed by atoms with E-state index in [-0.39, 0.29) is 12.6 Å². The number of carbonyl (C=O) groups excluding carboxylic acids is 2. The van der Waals surface area contributed by atoms with Crippen LogP contribution in [0.2, 0.25) is 25.7 Å². The van der Waals surface area contributed by atoms with Gasteiger partial charge in [-0.15, -0.1) is 0 Å². The van der Waals surface area contributed by atoms with Crippen LogP contribution in [0.4, 0.5) is 4.79 Å². The van der Waals surface area contributed by atoms with Crippen LogP contribution in [-0.4, -0.2) is 43.7 Å². The molecule has 1 aliphatic rings. The minimum atomic E-state index is -1.65. The number of carbonyl (C=O) groups is 2. The summed E-state index contributed by atoms with van der Waals surface area (Å²) in [5, 5.41) is 3.65. The van der Waals surface area contributed by atoms with E-state index in [1.165, 1.54) is 0 Å². The molecule has 0 aliphatic carbocycles. The molecule has 24 heavy (non-hydrogen) atoms. The molecule has 1 fully saturated rings. The summed E-state index contributed by atoms with van der Waals surface area (Å²) in [4.78, 5) is 28.8. The van der Waals surface area contributed by atoms with Gasteiger partial charge >= 0.3 is 6.09 Å². The smallest absolute Gasteiger partial charge is 0.416 e. The van der Waals surface area contributed by atoms with E-state index in [0.29, 0.717) is 12.5 Å². The lowest BCUT2D eigenvalue weighted by molar-refractivity contribution is -0.130. The van der Waals surface area contributed by atoms with Crippen LogP contribution in [0.15, 0.2) is 35.4 Å². The Balaban J connectivity index is 2.19. The molecule has 1 aliphatic heterocycles. The zero-order valence-corrected chi connectivity index (χ0v) is 15.2. The summed E-state index contributed by atoms with van der Waals surface area (Å²) in [6.07, 6.45) is -0.136. The van der Waals surface area contributed by atoms with E-state index >= 15 is 0 Å². The predicted molar refractivity (Wildman–Crippen MR) is 93.2 cm³/mol. The maximum Gasteiger partial charge on any atom is 0.416 e. The zero-order chi connectivity index (χ0) is 17.7. The predicted octanol–water partition coefficient (Wildman–Crippen LogP) is 3.59. The molecule has 0 N–H and O–H groups in total. The van der Waals surface area contributed by atoms with Gasteiger partial charge in [0.2, 0.25) is 5.91 Å². The van der Waals surface area contributed by atoms with Crippen LogP contribution in [0, 0.1) is 0 Å². The third kappa shape index (κ3) is 4.59. The Morgan fingerprint density at radius 1 is 1.42 bits per heavy atom. The van der Waals surface area contributed by atoms with Crippen molar-refractivity contribution in [3.05, 3.63) is 46.3 Å². The van der Waals surface area contributed by atoms with Crippen LogP contribution in [0.5, 0.6) is 0 Å². The third-order valence-electron chi connectivity index (χ3n) is 3.79. The lowest BCUT2D eigenvalue weighted by Crippen LogP contribution is -2.46. The highest BCUT2D eigenvalue weighted by Gasteiger charge is 2.41. The number of hydrogen-bond acceptors (Lipinski definition) is 4. The summed E-state index contributed by atoms with van der Waals surface area (Å²) < 4.78 is 5.07. The molecule has 7 nitrogen and oxygen atoms in total. The molecule has 128 valence electrons. The fourth-order valence-electron chi connectivity index (χ4n) is 2.75. The summed E-state index contributed by atoms with van der Waals surface area (Å²) in [6.45, 7) is 6.42. The first-order valence-electron chi connectivity index (χ1n) is 7.90. The first kappa shape index (κ1) is 18.0. The minimum absolute atomic E-state index is 0.162. The highest BCUT2D eigenvalue weighted by Crippen LogP contribution is 2.23. The van der Waals surface area contributed by atoms with Crippen LogP contribution in [0.1, 0.15) is 5.56 Å². The molecule has 1 heterocycles. The molecule has 0 aromatic heterocycles. The fraction of sp³-hybridized carbons (Fsp3) is 0.500. The van der Waals surface area contributed by atoms with Gasteiger partial charge < -0.3 is 4.74 Å². The maximum absolute atomic E-state index is 12.8. The SMILES string of the molecule is C[Si](C)(C)CC(N=[N+]=[N-])C(=O)N1C(=O)OC[C@@H]1Cc1ccccc1. The van der Waals surface area contributed by atoms with Crippen LogP contribution in [0.25, 0.3) is 10.4 Å². The van der Waals surface area contributed by atoms with Gasteiger partial charge in [0.1, 0.15) is 12.6 Å². The van der Waals surface area contributed by atoms with Crippen LogP contribution >= 0.6 is 0 Å². The zero-order valence-electron chi connectivity index (χ0n) is 14.2. The van der Waals surface area contributed by atoms with Gasteiger partial charge in [0.25, 0.3) is 0 Å². The van der Waals surface area contributed by atoms with Crippen molar-refractivity contribution in [2.45, 2.75) is 44.2 Å². The number of hydrogen-bond donors (Lipinski definition) is 0. The van der Waals surface area contributed by atoms with Crippen LogP contribution in [0.3, 0.4) is 0 Å². The number of nitrogens with zero attached hydrogens (tertiary/aromatic N) is 4. The fourth-order valence-corrected chi connectivity index (χ4v) is 4.16. The number of amides is 2. The molecule has 0 radical (unpaired) electrons. The first-order valence-corrected chi connectivity index (χ1v) is 11.6. The molecule has 0 saturated carbocycles. The number of imide groups is 1. The average molecular weight is 346 g/mol. The van der Waals surface area contributed by atoms with Crippen molar-refractivity contribution < 1.29 is 14.3 Å². The van der Waals surface area contributed by atoms with E-state index in [2.05, 4.69) is 29.7 Å². The monoisotopic (exact) mass is 346 g/mol. The van der Waals surface area contributed by atoms with Crippen molar-refractivity contribution in [1.29, 1.82) is 0 Å². The number of benzene rings is 1.